The monoisotopic (exact) mass is 213 g/mol. The molecule has 3 nitrogen and oxygen atoms in total. The summed E-state index contributed by atoms with van der Waals surface area (Å²) in [5.41, 5.74) is 6.36. The van der Waals surface area contributed by atoms with Gasteiger partial charge in [-0.25, -0.2) is 4.39 Å². The number of nitrogens with two attached hydrogens (primary N) is 1. The zero-order chi connectivity index (χ0) is 11.4. The van der Waals surface area contributed by atoms with E-state index in [1.807, 2.05) is 6.92 Å². The van der Waals surface area contributed by atoms with Crippen molar-refractivity contribution in [2.24, 2.45) is 5.73 Å². The molecule has 0 aliphatic carbocycles. The Morgan fingerprint density at radius 1 is 1.33 bits per heavy atom. The molecule has 0 aromatic heterocycles. The van der Waals surface area contributed by atoms with Crippen molar-refractivity contribution in [3.63, 3.8) is 0 Å². The summed E-state index contributed by atoms with van der Waals surface area (Å²) in [7, 11) is 2.97. The molecule has 0 aliphatic heterocycles. The van der Waals surface area contributed by atoms with Crippen LogP contribution in [0, 0.1) is 5.82 Å². The van der Waals surface area contributed by atoms with E-state index in [1.165, 1.54) is 20.3 Å². The zero-order valence-corrected chi connectivity index (χ0v) is 9.21. The van der Waals surface area contributed by atoms with Crippen molar-refractivity contribution in [3.05, 3.63) is 23.5 Å². The number of halogens is 1. The molecule has 0 amide bonds. The molecule has 1 aromatic carbocycles. The van der Waals surface area contributed by atoms with E-state index < -0.39 is 5.82 Å². The number of hydrogen-bond donors (Lipinski definition) is 1. The maximum atomic E-state index is 13.4. The lowest BCUT2D eigenvalue weighted by atomic mass is 10.0. The van der Waals surface area contributed by atoms with Gasteiger partial charge >= 0.3 is 0 Å². The minimum absolute atomic E-state index is 0.0744. The topological polar surface area (TPSA) is 44.5 Å². The van der Waals surface area contributed by atoms with Gasteiger partial charge in [-0.15, -0.1) is 0 Å². The Kier molecular flexibility index (Phi) is 3.91. The first-order valence-corrected chi connectivity index (χ1v) is 4.75. The third-order valence-electron chi connectivity index (χ3n) is 2.12. The molecule has 2 N–H and O–H groups in total. The highest BCUT2D eigenvalue weighted by Gasteiger charge is 2.15. The molecule has 0 unspecified atom stereocenters. The molecular weight excluding hydrogens is 197 g/mol. The van der Waals surface area contributed by atoms with Gasteiger partial charge in [-0.1, -0.05) is 0 Å². The number of rotatable bonds is 4. The van der Waals surface area contributed by atoms with Crippen LogP contribution >= 0.6 is 0 Å². The van der Waals surface area contributed by atoms with Gasteiger partial charge in [0.05, 0.1) is 14.2 Å². The fourth-order valence-electron chi connectivity index (χ4n) is 1.51. The van der Waals surface area contributed by atoms with Crippen molar-refractivity contribution in [1.82, 2.24) is 0 Å². The van der Waals surface area contributed by atoms with Gasteiger partial charge in [0.25, 0.3) is 0 Å². The van der Waals surface area contributed by atoms with Gasteiger partial charge in [-0.2, -0.15) is 0 Å². The van der Waals surface area contributed by atoms with Crippen LogP contribution in [0.25, 0.3) is 0 Å². The van der Waals surface area contributed by atoms with Crippen LogP contribution < -0.4 is 15.2 Å². The van der Waals surface area contributed by atoms with Gasteiger partial charge in [-0.05, 0) is 25.5 Å². The van der Waals surface area contributed by atoms with Crippen molar-refractivity contribution in [3.8, 4) is 11.5 Å². The smallest absolute Gasteiger partial charge is 0.165 e. The number of hydrogen-bond acceptors (Lipinski definition) is 3. The second kappa shape index (κ2) is 4.98. The second-order valence-electron chi connectivity index (χ2n) is 3.44. The van der Waals surface area contributed by atoms with Gasteiger partial charge in [-0.3, -0.25) is 0 Å². The number of benzene rings is 1. The van der Waals surface area contributed by atoms with Gasteiger partial charge in [0.1, 0.15) is 5.75 Å². The highest BCUT2D eigenvalue weighted by atomic mass is 19.1. The summed E-state index contributed by atoms with van der Waals surface area (Å²) >= 11 is 0. The molecule has 0 spiro atoms. The Morgan fingerprint density at radius 2 is 2.00 bits per heavy atom. The molecule has 0 radical (unpaired) electrons. The fraction of sp³-hybridized carbons (Fsp3) is 0.455. The number of methoxy groups -OCH3 is 2. The lowest BCUT2D eigenvalue weighted by molar-refractivity contribution is 0.364. The summed E-state index contributed by atoms with van der Waals surface area (Å²) in [4.78, 5) is 0. The fourth-order valence-corrected chi connectivity index (χ4v) is 1.51. The van der Waals surface area contributed by atoms with Crippen LogP contribution in [-0.4, -0.2) is 20.3 Å². The summed E-state index contributed by atoms with van der Waals surface area (Å²) in [5.74, 6) is 0.422. The molecule has 1 rings (SSSR count). The molecule has 1 aromatic rings. The largest absolute Gasteiger partial charge is 0.496 e. The molecule has 4 heteroatoms. The van der Waals surface area contributed by atoms with Crippen LogP contribution in [0.5, 0.6) is 11.5 Å². The third-order valence-corrected chi connectivity index (χ3v) is 2.12. The molecular formula is C11H16FNO2. The van der Waals surface area contributed by atoms with Crippen LogP contribution in [0.1, 0.15) is 12.5 Å². The Balaban J connectivity index is 3.21. The summed E-state index contributed by atoms with van der Waals surface area (Å²) in [5, 5.41) is 0. The lowest BCUT2D eigenvalue weighted by Crippen LogP contribution is -2.19. The van der Waals surface area contributed by atoms with Crippen molar-refractivity contribution in [1.29, 1.82) is 0 Å². The Bertz CT molecular complexity index is 340. The molecule has 0 fully saturated rings. The first-order valence-electron chi connectivity index (χ1n) is 4.75. The Labute approximate surface area is 89.0 Å². The van der Waals surface area contributed by atoms with Crippen molar-refractivity contribution < 1.29 is 13.9 Å². The average molecular weight is 213 g/mol. The van der Waals surface area contributed by atoms with Crippen LogP contribution in [0.4, 0.5) is 4.39 Å². The molecule has 0 saturated heterocycles. The minimum atomic E-state index is -0.394. The van der Waals surface area contributed by atoms with Gasteiger partial charge < -0.3 is 15.2 Å². The predicted molar refractivity (Wildman–Crippen MR) is 56.9 cm³/mol. The predicted octanol–water partition coefficient (Wildman–Crippen LogP) is 1.73. The zero-order valence-electron chi connectivity index (χ0n) is 9.21. The quantitative estimate of drug-likeness (QED) is 0.828. The second-order valence-corrected chi connectivity index (χ2v) is 3.44. The molecule has 84 valence electrons. The molecule has 1 atom stereocenters. The molecule has 0 heterocycles. The van der Waals surface area contributed by atoms with E-state index in [0.717, 1.165) is 0 Å². The maximum absolute atomic E-state index is 13.4. The van der Waals surface area contributed by atoms with Gasteiger partial charge in [0, 0.05) is 11.6 Å². The summed E-state index contributed by atoms with van der Waals surface area (Å²) in [6, 6.07) is 2.83. The maximum Gasteiger partial charge on any atom is 0.165 e. The van der Waals surface area contributed by atoms with Crippen LogP contribution in [0.15, 0.2) is 12.1 Å². The highest BCUT2D eigenvalue weighted by molar-refractivity contribution is 5.46. The van der Waals surface area contributed by atoms with Crippen LogP contribution in [-0.2, 0) is 6.42 Å². The SMILES string of the molecule is COc1ccc(F)c(OC)c1C[C@@H](C)N. The molecule has 0 bridgehead atoms. The summed E-state index contributed by atoms with van der Waals surface area (Å²) < 4.78 is 23.5. The lowest BCUT2D eigenvalue weighted by Gasteiger charge is -2.15. The van der Waals surface area contributed by atoms with Crippen molar-refractivity contribution in [2.75, 3.05) is 14.2 Å². The van der Waals surface area contributed by atoms with Crippen LogP contribution in [0.3, 0.4) is 0 Å². The van der Waals surface area contributed by atoms with E-state index in [9.17, 15) is 4.39 Å². The third kappa shape index (κ3) is 2.59. The minimum Gasteiger partial charge on any atom is -0.496 e. The first kappa shape index (κ1) is 11.8. The van der Waals surface area contributed by atoms with E-state index in [0.29, 0.717) is 17.7 Å². The standard InChI is InChI=1S/C11H16FNO2/c1-7(13)6-8-10(14-2)5-4-9(12)11(8)15-3/h4-5,7H,6,13H2,1-3H3/t7-/m1/s1. The van der Waals surface area contributed by atoms with E-state index in [2.05, 4.69) is 0 Å². The summed E-state index contributed by atoms with van der Waals surface area (Å²) in [6.45, 7) is 1.85. The van der Waals surface area contributed by atoms with E-state index in [1.54, 1.807) is 6.07 Å². The molecule has 0 saturated carbocycles. The number of ether oxygens (including phenoxy) is 2. The summed E-state index contributed by atoms with van der Waals surface area (Å²) in [6.07, 6.45) is 0.518. The van der Waals surface area contributed by atoms with Gasteiger partial charge in [0.15, 0.2) is 11.6 Å². The molecule has 0 aliphatic rings. The highest BCUT2D eigenvalue weighted by Crippen LogP contribution is 2.31. The van der Waals surface area contributed by atoms with Crippen LogP contribution in [0.2, 0.25) is 0 Å². The normalized spacial score (nSPS) is 12.3. The average Bonchev–Trinajstić information content (AvgIpc) is 2.18. The Morgan fingerprint density at radius 3 is 2.47 bits per heavy atom. The van der Waals surface area contributed by atoms with E-state index >= 15 is 0 Å². The molecule has 15 heavy (non-hydrogen) atoms. The van der Waals surface area contributed by atoms with E-state index in [-0.39, 0.29) is 11.8 Å². The Hall–Kier alpha value is -1.29. The van der Waals surface area contributed by atoms with Gasteiger partial charge in [0.2, 0.25) is 0 Å². The van der Waals surface area contributed by atoms with E-state index in [4.69, 9.17) is 15.2 Å². The van der Waals surface area contributed by atoms with Crippen molar-refractivity contribution in [2.45, 2.75) is 19.4 Å². The van der Waals surface area contributed by atoms with Crippen molar-refractivity contribution >= 4 is 0 Å². The first-order chi connectivity index (χ1) is 7.10.